The minimum Gasteiger partial charge on any atom is -0.434 e. The number of benzene rings is 1. The highest BCUT2D eigenvalue weighted by molar-refractivity contribution is 5.36. The largest absolute Gasteiger partial charge is 0.434 e. The van der Waals surface area contributed by atoms with E-state index in [9.17, 15) is 22.0 Å². The number of hydrogen-bond donors (Lipinski definition) is 2. The van der Waals surface area contributed by atoms with E-state index in [0.717, 1.165) is 12.1 Å². The lowest BCUT2D eigenvalue weighted by Gasteiger charge is -2.24. The van der Waals surface area contributed by atoms with Gasteiger partial charge in [-0.3, -0.25) is 0 Å². The van der Waals surface area contributed by atoms with E-state index < -0.39 is 30.1 Å². The van der Waals surface area contributed by atoms with E-state index in [0.29, 0.717) is 0 Å². The third-order valence-corrected chi connectivity index (χ3v) is 2.46. The van der Waals surface area contributed by atoms with Gasteiger partial charge in [-0.15, -0.1) is 0 Å². The van der Waals surface area contributed by atoms with E-state index in [1.807, 2.05) is 0 Å². The summed E-state index contributed by atoms with van der Waals surface area (Å²) in [7, 11) is 0. The van der Waals surface area contributed by atoms with Gasteiger partial charge in [0.2, 0.25) is 0 Å². The van der Waals surface area contributed by atoms with Crippen LogP contribution >= 0.6 is 0 Å². The van der Waals surface area contributed by atoms with Crippen molar-refractivity contribution in [2.24, 2.45) is 0 Å². The molecule has 0 saturated heterocycles. The van der Waals surface area contributed by atoms with Crippen molar-refractivity contribution in [2.75, 3.05) is 13.2 Å². The molecule has 0 bridgehead atoms. The number of rotatable bonds is 7. The zero-order chi connectivity index (χ0) is 15.2. The maximum absolute atomic E-state index is 13.0. The third-order valence-electron chi connectivity index (χ3n) is 2.46. The minimum absolute atomic E-state index is 0.107. The number of alkyl halides is 5. The molecule has 0 aliphatic rings. The number of hydrogen-bond acceptors (Lipinski definition) is 3. The summed E-state index contributed by atoms with van der Waals surface area (Å²) in [5.74, 6) is -0.527. The first-order valence-electron chi connectivity index (χ1n) is 5.81. The van der Waals surface area contributed by atoms with Crippen molar-refractivity contribution in [2.45, 2.75) is 25.3 Å². The monoisotopic (exact) mass is 299 g/mol. The second kappa shape index (κ2) is 7.39. The van der Waals surface area contributed by atoms with E-state index >= 15 is 0 Å². The maximum Gasteiger partial charge on any atom is 0.408 e. The average Bonchev–Trinajstić information content (AvgIpc) is 2.34. The number of ether oxygens (including phenoxy) is 1. The Morgan fingerprint density at radius 3 is 2.40 bits per heavy atom. The molecule has 0 saturated carbocycles. The van der Waals surface area contributed by atoms with Crippen LogP contribution in [0.2, 0.25) is 0 Å². The summed E-state index contributed by atoms with van der Waals surface area (Å²) >= 11 is 0. The number of aliphatic hydroxyl groups is 1. The highest BCUT2D eigenvalue weighted by Crippen LogP contribution is 2.37. The molecule has 0 aliphatic heterocycles. The number of aliphatic hydroxyl groups excluding tert-OH is 1. The Bertz CT molecular complexity index is 411. The lowest BCUT2D eigenvalue weighted by Crippen LogP contribution is -2.35. The maximum atomic E-state index is 13.0. The summed E-state index contributed by atoms with van der Waals surface area (Å²) in [6.07, 6.45) is -4.55. The van der Waals surface area contributed by atoms with Gasteiger partial charge in [0.25, 0.3) is 0 Å². The molecule has 2 N–H and O–H groups in total. The summed E-state index contributed by atoms with van der Waals surface area (Å²) in [6, 6.07) is 2.60. The Kier molecular flexibility index (Phi) is 6.15. The van der Waals surface area contributed by atoms with Crippen LogP contribution in [0.4, 0.5) is 22.0 Å². The van der Waals surface area contributed by atoms with Gasteiger partial charge in [-0.2, -0.15) is 22.0 Å². The molecular weight excluding hydrogens is 285 g/mol. The van der Waals surface area contributed by atoms with Crippen molar-refractivity contribution >= 4 is 0 Å². The second-order valence-corrected chi connectivity index (χ2v) is 3.92. The molecule has 20 heavy (non-hydrogen) atoms. The van der Waals surface area contributed by atoms with Crippen molar-refractivity contribution in [1.82, 2.24) is 5.32 Å². The molecule has 0 heterocycles. The zero-order valence-corrected chi connectivity index (χ0v) is 10.3. The van der Waals surface area contributed by atoms with Crippen molar-refractivity contribution in [1.29, 1.82) is 0 Å². The van der Waals surface area contributed by atoms with E-state index in [2.05, 4.69) is 10.1 Å². The van der Waals surface area contributed by atoms with Gasteiger partial charge in [-0.05, 0) is 19.0 Å². The summed E-state index contributed by atoms with van der Waals surface area (Å²) in [5.41, 5.74) is -0.418. The summed E-state index contributed by atoms with van der Waals surface area (Å²) < 4.78 is 67.5. The van der Waals surface area contributed by atoms with Crippen LogP contribution in [0.5, 0.6) is 5.75 Å². The molecular formula is C12H14F5NO2. The van der Waals surface area contributed by atoms with Crippen LogP contribution in [0.25, 0.3) is 0 Å². The third kappa shape index (κ3) is 4.93. The van der Waals surface area contributed by atoms with Crippen LogP contribution in [0.1, 0.15) is 18.0 Å². The molecule has 114 valence electrons. The number of halogens is 5. The fourth-order valence-electron chi connectivity index (χ4n) is 1.65. The van der Waals surface area contributed by atoms with Gasteiger partial charge < -0.3 is 15.2 Å². The Balaban J connectivity index is 3.00. The quantitative estimate of drug-likeness (QED) is 0.601. The van der Waals surface area contributed by atoms with Crippen LogP contribution in [-0.2, 0) is 0 Å². The minimum atomic E-state index is -4.67. The molecule has 0 spiro atoms. The molecule has 1 aromatic carbocycles. The average molecular weight is 299 g/mol. The normalized spacial score (nSPS) is 13.6. The van der Waals surface area contributed by atoms with Crippen LogP contribution in [0.3, 0.4) is 0 Å². The lowest BCUT2D eigenvalue weighted by molar-refractivity contribution is -0.158. The summed E-state index contributed by atoms with van der Waals surface area (Å²) in [5, 5.41) is 10.8. The molecule has 0 fully saturated rings. The topological polar surface area (TPSA) is 41.5 Å². The highest BCUT2D eigenvalue weighted by atomic mass is 19.4. The fraction of sp³-hybridized carbons (Fsp3) is 0.500. The van der Waals surface area contributed by atoms with Gasteiger partial charge in [-0.1, -0.05) is 18.2 Å². The molecule has 1 unspecified atom stereocenters. The predicted octanol–water partition coefficient (Wildman–Crippen LogP) is 2.86. The van der Waals surface area contributed by atoms with Gasteiger partial charge >= 0.3 is 12.8 Å². The molecule has 1 rings (SSSR count). The van der Waals surface area contributed by atoms with Crippen LogP contribution in [0, 0.1) is 0 Å². The molecule has 0 aliphatic carbocycles. The standard InChI is InChI=1S/C12H14F5NO2/c13-11(14)20-9-5-2-1-4-8(9)10(12(15,16)17)18-6-3-7-19/h1-2,4-5,10-11,18-19H,3,6-7H2. The predicted molar refractivity (Wildman–Crippen MR) is 61.6 cm³/mol. The molecule has 1 aromatic rings. The highest BCUT2D eigenvalue weighted by Gasteiger charge is 2.42. The Morgan fingerprint density at radius 1 is 1.20 bits per heavy atom. The first-order chi connectivity index (χ1) is 9.36. The fourth-order valence-corrected chi connectivity index (χ4v) is 1.65. The van der Waals surface area contributed by atoms with E-state index in [1.165, 1.54) is 12.1 Å². The molecule has 1 atom stereocenters. The zero-order valence-electron chi connectivity index (χ0n) is 10.3. The van der Waals surface area contributed by atoms with Gasteiger partial charge in [-0.25, -0.2) is 0 Å². The summed E-state index contributed by atoms with van der Waals surface area (Å²) in [4.78, 5) is 0. The van der Waals surface area contributed by atoms with Gasteiger partial charge in [0, 0.05) is 12.2 Å². The van der Waals surface area contributed by atoms with E-state index in [4.69, 9.17) is 5.11 Å². The van der Waals surface area contributed by atoms with Gasteiger partial charge in [0.15, 0.2) is 0 Å². The number of nitrogens with one attached hydrogen (secondary N) is 1. The van der Waals surface area contributed by atoms with Crippen LogP contribution in [-0.4, -0.2) is 31.0 Å². The van der Waals surface area contributed by atoms with Gasteiger partial charge in [0.1, 0.15) is 11.8 Å². The Labute approximate surface area is 112 Å². The van der Waals surface area contributed by atoms with Crippen molar-refractivity contribution in [3.8, 4) is 5.75 Å². The number of para-hydroxylation sites is 1. The van der Waals surface area contributed by atoms with Crippen LogP contribution in [0.15, 0.2) is 24.3 Å². The van der Waals surface area contributed by atoms with E-state index in [-0.39, 0.29) is 19.6 Å². The molecule has 0 radical (unpaired) electrons. The Hall–Kier alpha value is -1.41. The molecule has 8 heteroatoms. The van der Waals surface area contributed by atoms with Crippen molar-refractivity contribution in [3.63, 3.8) is 0 Å². The summed E-state index contributed by atoms with van der Waals surface area (Å²) in [6.45, 7) is -3.58. The van der Waals surface area contributed by atoms with Crippen molar-refractivity contribution in [3.05, 3.63) is 29.8 Å². The smallest absolute Gasteiger partial charge is 0.408 e. The molecule has 0 amide bonds. The van der Waals surface area contributed by atoms with Crippen molar-refractivity contribution < 1.29 is 31.8 Å². The first kappa shape index (κ1) is 16.6. The Morgan fingerprint density at radius 2 is 1.85 bits per heavy atom. The van der Waals surface area contributed by atoms with Crippen LogP contribution < -0.4 is 10.1 Å². The first-order valence-corrected chi connectivity index (χ1v) is 5.81. The second-order valence-electron chi connectivity index (χ2n) is 3.92. The molecule has 3 nitrogen and oxygen atoms in total. The van der Waals surface area contributed by atoms with E-state index in [1.54, 1.807) is 0 Å². The molecule has 0 aromatic heterocycles. The SMILES string of the molecule is OCCCNC(c1ccccc1OC(F)F)C(F)(F)F. The lowest BCUT2D eigenvalue weighted by atomic mass is 10.1. The van der Waals surface area contributed by atoms with Gasteiger partial charge in [0.05, 0.1) is 0 Å².